The molecule has 0 unspecified atom stereocenters. The van der Waals surface area contributed by atoms with Gasteiger partial charge in [0.15, 0.2) is 5.13 Å². The molecule has 0 saturated heterocycles. The van der Waals surface area contributed by atoms with Gasteiger partial charge in [0.1, 0.15) is 16.5 Å². The predicted octanol–water partition coefficient (Wildman–Crippen LogP) is 2.98. The zero-order chi connectivity index (χ0) is 13.3. The van der Waals surface area contributed by atoms with E-state index in [1.54, 1.807) is 5.38 Å². The Labute approximate surface area is 114 Å². The largest absolute Gasteiger partial charge is 0.266 e. The maximum absolute atomic E-state index is 13.5. The fourth-order valence-electron chi connectivity index (χ4n) is 1.15. The van der Waals surface area contributed by atoms with Gasteiger partial charge in [0.25, 0.3) is 10.0 Å². The number of aromatic nitrogens is 1. The quantitative estimate of drug-likeness (QED) is 0.862. The summed E-state index contributed by atoms with van der Waals surface area (Å²) in [6, 6.07) is 1.36. The summed E-state index contributed by atoms with van der Waals surface area (Å²) in [5.74, 6) is -1.91. The zero-order valence-electron chi connectivity index (χ0n) is 8.52. The molecule has 9 heteroatoms. The highest BCUT2D eigenvalue weighted by atomic mass is 79.9. The maximum atomic E-state index is 13.5. The first-order chi connectivity index (χ1) is 8.40. The molecular formula is C9H5BrF2N2O2S2. The van der Waals surface area contributed by atoms with Gasteiger partial charge in [-0.05, 0) is 28.1 Å². The summed E-state index contributed by atoms with van der Waals surface area (Å²) < 4.78 is 52.3. The molecule has 1 aromatic heterocycles. The molecule has 0 aliphatic heterocycles. The Morgan fingerprint density at radius 1 is 1.28 bits per heavy atom. The van der Waals surface area contributed by atoms with Gasteiger partial charge in [0, 0.05) is 11.6 Å². The number of rotatable bonds is 3. The Morgan fingerprint density at radius 3 is 2.61 bits per heavy atom. The van der Waals surface area contributed by atoms with E-state index < -0.39 is 26.6 Å². The molecule has 96 valence electrons. The minimum Gasteiger partial charge on any atom is -0.255 e. The van der Waals surface area contributed by atoms with Gasteiger partial charge >= 0.3 is 0 Å². The van der Waals surface area contributed by atoms with E-state index in [0.717, 1.165) is 17.4 Å². The topological polar surface area (TPSA) is 59.1 Å². The summed E-state index contributed by atoms with van der Waals surface area (Å²) in [6.45, 7) is 0. The number of hydrogen-bond donors (Lipinski definition) is 1. The summed E-state index contributed by atoms with van der Waals surface area (Å²) in [5, 5.41) is 1.63. The Balaban J connectivity index is 2.44. The summed E-state index contributed by atoms with van der Waals surface area (Å²) in [6.07, 6.45) is 1.39. The lowest BCUT2D eigenvalue weighted by Gasteiger charge is -2.07. The number of thiazole rings is 1. The lowest BCUT2D eigenvalue weighted by atomic mass is 10.3. The van der Waals surface area contributed by atoms with Gasteiger partial charge in [-0.15, -0.1) is 11.3 Å². The van der Waals surface area contributed by atoms with E-state index >= 15 is 0 Å². The van der Waals surface area contributed by atoms with Gasteiger partial charge in [-0.25, -0.2) is 22.2 Å². The van der Waals surface area contributed by atoms with Crippen LogP contribution in [0.3, 0.4) is 0 Å². The summed E-state index contributed by atoms with van der Waals surface area (Å²) in [5.41, 5.74) is 0. The number of hydrogen-bond acceptors (Lipinski definition) is 4. The van der Waals surface area contributed by atoms with E-state index in [2.05, 4.69) is 25.6 Å². The lowest BCUT2D eigenvalue weighted by molar-refractivity contribution is 0.552. The van der Waals surface area contributed by atoms with Crippen LogP contribution in [0.25, 0.3) is 0 Å². The average molecular weight is 355 g/mol. The molecule has 18 heavy (non-hydrogen) atoms. The molecule has 0 radical (unpaired) electrons. The molecule has 0 aliphatic carbocycles. The van der Waals surface area contributed by atoms with E-state index in [0.29, 0.717) is 6.07 Å². The van der Waals surface area contributed by atoms with Gasteiger partial charge in [-0.1, -0.05) is 0 Å². The number of anilines is 1. The van der Waals surface area contributed by atoms with Crippen LogP contribution < -0.4 is 4.72 Å². The molecule has 0 amide bonds. The van der Waals surface area contributed by atoms with Crippen molar-refractivity contribution in [1.29, 1.82) is 0 Å². The molecule has 1 N–H and O–H groups in total. The number of sulfonamides is 1. The van der Waals surface area contributed by atoms with E-state index in [-0.39, 0.29) is 9.60 Å². The minimum absolute atomic E-state index is 0.0812. The van der Waals surface area contributed by atoms with E-state index in [1.165, 1.54) is 6.20 Å². The van der Waals surface area contributed by atoms with Crippen molar-refractivity contribution in [2.75, 3.05) is 4.72 Å². The Morgan fingerprint density at radius 2 is 2.00 bits per heavy atom. The van der Waals surface area contributed by atoms with Crippen molar-refractivity contribution in [2.45, 2.75) is 4.90 Å². The molecule has 2 rings (SSSR count). The van der Waals surface area contributed by atoms with Gasteiger partial charge in [0.2, 0.25) is 0 Å². The van der Waals surface area contributed by atoms with Crippen molar-refractivity contribution in [3.63, 3.8) is 0 Å². The summed E-state index contributed by atoms with van der Waals surface area (Å²) >= 11 is 3.80. The number of halogens is 3. The van der Waals surface area contributed by atoms with Gasteiger partial charge in [-0.2, -0.15) is 0 Å². The van der Waals surface area contributed by atoms with Crippen LogP contribution in [0, 0.1) is 11.6 Å². The van der Waals surface area contributed by atoms with Crippen molar-refractivity contribution in [1.82, 2.24) is 4.98 Å². The molecule has 1 heterocycles. The average Bonchev–Trinajstić information content (AvgIpc) is 2.75. The van der Waals surface area contributed by atoms with E-state index in [1.807, 2.05) is 0 Å². The first-order valence-electron chi connectivity index (χ1n) is 4.47. The van der Waals surface area contributed by atoms with Crippen LogP contribution in [0.5, 0.6) is 0 Å². The molecular weight excluding hydrogens is 350 g/mol. The zero-order valence-corrected chi connectivity index (χ0v) is 11.7. The Bertz CT molecular complexity index is 674. The normalized spacial score (nSPS) is 11.5. The number of nitrogens with one attached hydrogen (secondary N) is 1. The summed E-state index contributed by atoms with van der Waals surface area (Å²) in [4.78, 5) is 2.93. The Kier molecular flexibility index (Phi) is 3.64. The molecule has 0 fully saturated rings. The molecule has 0 bridgehead atoms. The van der Waals surface area contributed by atoms with Crippen LogP contribution in [0.15, 0.2) is 33.1 Å². The van der Waals surface area contributed by atoms with Crippen molar-refractivity contribution in [2.24, 2.45) is 0 Å². The molecule has 0 aliphatic rings. The molecule has 0 saturated carbocycles. The fraction of sp³-hybridized carbons (Fsp3) is 0. The van der Waals surface area contributed by atoms with Crippen LogP contribution in [0.4, 0.5) is 13.9 Å². The number of nitrogens with zero attached hydrogens (tertiary/aromatic N) is 1. The monoisotopic (exact) mass is 354 g/mol. The highest BCUT2D eigenvalue weighted by Gasteiger charge is 2.22. The lowest BCUT2D eigenvalue weighted by Crippen LogP contribution is -2.14. The van der Waals surface area contributed by atoms with Crippen LogP contribution >= 0.6 is 27.3 Å². The van der Waals surface area contributed by atoms with Crippen molar-refractivity contribution in [3.8, 4) is 0 Å². The molecule has 2 aromatic rings. The van der Waals surface area contributed by atoms with E-state index in [4.69, 9.17) is 0 Å². The van der Waals surface area contributed by atoms with Crippen molar-refractivity contribution in [3.05, 3.63) is 39.8 Å². The van der Waals surface area contributed by atoms with Crippen LogP contribution in [-0.2, 0) is 10.0 Å². The second kappa shape index (κ2) is 4.90. The highest BCUT2D eigenvalue weighted by Crippen LogP contribution is 2.25. The van der Waals surface area contributed by atoms with Gasteiger partial charge < -0.3 is 0 Å². The van der Waals surface area contributed by atoms with Crippen LogP contribution in [0.1, 0.15) is 0 Å². The second-order valence-electron chi connectivity index (χ2n) is 3.14. The molecule has 4 nitrogen and oxygen atoms in total. The van der Waals surface area contributed by atoms with Gasteiger partial charge in [0.05, 0.1) is 4.47 Å². The Hall–Kier alpha value is -1.06. The minimum atomic E-state index is -4.19. The molecule has 1 aromatic carbocycles. The third-order valence-electron chi connectivity index (χ3n) is 1.92. The maximum Gasteiger partial charge on any atom is 0.266 e. The SMILES string of the molecule is O=S(=O)(Nc1nccs1)c1cc(F)c(Br)cc1F. The predicted molar refractivity (Wildman–Crippen MR) is 67.0 cm³/mol. The highest BCUT2D eigenvalue weighted by molar-refractivity contribution is 9.10. The first kappa shape index (κ1) is 13.4. The van der Waals surface area contributed by atoms with Gasteiger partial charge in [-0.3, -0.25) is 4.72 Å². The number of benzene rings is 1. The molecule has 0 atom stereocenters. The van der Waals surface area contributed by atoms with E-state index in [9.17, 15) is 17.2 Å². The second-order valence-corrected chi connectivity index (χ2v) is 6.54. The fourth-order valence-corrected chi connectivity index (χ4v) is 3.33. The smallest absolute Gasteiger partial charge is 0.255 e. The standard InChI is InChI=1S/C9H5BrF2N2O2S2/c10-5-3-7(12)8(4-6(5)11)18(15,16)14-9-13-1-2-17-9/h1-4H,(H,13,14). The van der Waals surface area contributed by atoms with Crippen molar-refractivity contribution < 1.29 is 17.2 Å². The van der Waals surface area contributed by atoms with Crippen LogP contribution in [0.2, 0.25) is 0 Å². The first-order valence-corrected chi connectivity index (χ1v) is 7.62. The van der Waals surface area contributed by atoms with Crippen LogP contribution in [-0.4, -0.2) is 13.4 Å². The van der Waals surface area contributed by atoms with Crippen molar-refractivity contribution >= 4 is 42.4 Å². The summed E-state index contributed by atoms with van der Waals surface area (Å²) in [7, 11) is -4.19. The third-order valence-corrected chi connectivity index (χ3v) is 4.70. The third kappa shape index (κ3) is 2.68. The molecule has 0 spiro atoms.